The van der Waals surface area contributed by atoms with Gasteiger partial charge >= 0.3 is 0 Å². The monoisotopic (exact) mass is 294 g/mol. The van der Waals surface area contributed by atoms with E-state index in [1.807, 2.05) is 0 Å². The summed E-state index contributed by atoms with van der Waals surface area (Å²) in [6.07, 6.45) is 1.92. The first-order chi connectivity index (χ1) is 7.66. The van der Waals surface area contributed by atoms with Crippen LogP contribution in [-0.2, 0) is 4.79 Å². The van der Waals surface area contributed by atoms with E-state index in [0.29, 0.717) is 15.7 Å². The first-order valence-corrected chi connectivity index (χ1v) is 5.92. The summed E-state index contributed by atoms with van der Waals surface area (Å²) < 4.78 is 0. The molecule has 1 amide bonds. The van der Waals surface area contributed by atoms with Crippen molar-refractivity contribution >= 4 is 47.2 Å². The maximum absolute atomic E-state index is 11.8. The van der Waals surface area contributed by atoms with Crippen LogP contribution >= 0.6 is 35.6 Å². The van der Waals surface area contributed by atoms with Crippen LogP contribution in [0.15, 0.2) is 18.2 Å². The van der Waals surface area contributed by atoms with Crippen LogP contribution in [0.2, 0.25) is 10.0 Å². The Hall–Kier alpha value is -0.480. The Labute approximate surface area is 116 Å². The molecule has 94 valence electrons. The number of nitrogens with one attached hydrogen (secondary N) is 2. The van der Waals surface area contributed by atoms with Gasteiger partial charge in [-0.05, 0) is 37.6 Å². The molecule has 1 fully saturated rings. The average Bonchev–Trinajstić information content (AvgIpc) is 2.77. The molecule has 2 rings (SSSR count). The number of anilines is 1. The Kier molecular flexibility index (Phi) is 5.53. The van der Waals surface area contributed by atoms with Gasteiger partial charge in [-0.15, -0.1) is 12.4 Å². The molecule has 2 N–H and O–H groups in total. The van der Waals surface area contributed by atoms with Crippen LogP contribution < -0.4 is 10.6 Å². The molecule has 1 atom stereocenters. The molecule has 0 aromatic heterocycles. The lowest BCUT2D eigenvalue weighted by molar-refractivity contribution is -0.117. The van der Waals surface area contributed by atoms with Gasteiger partial charge in [0.25, 0.3) is 0 Å². The van der Waals surface area contributed by atoms with Crippen molar-refractivity contribution < 1.29 is 4.79 Å². The number of carbonyl (C=O) groups excluding carboxylic acids is 1. The zero-order valence-electron chi connectivity index (χ0n) is 9.00. The molecule has 1 saturated heterocycles. The van der Waals surface area contributed by atoms with Gasteiger partial charge in [0, 0.05) is 5.69 Å². The summed E-state index contributed by atoms with van der Waals surface area (Å²) in [5.74, 6) is -0.0177. The Bertz CT molecular complexity index is 406. The maximum Gasteiger partial charge on any atom is 0.241 e. The van der Waals surface area contributed by atoms with E-state index in [1.54, 1.807) is 18.2 Å². The summed E-state index contributed by atoms with van der Waals surface area (Å²) in [4.78, 5) is 11.8. The van der Waals surface area contributed by atoms with Gasteiger partial charge in [0.1, 0.15) is 0 Å². The molecule has 0 saturated carbocycles. The Morgan fingerprint density at radius 3 is 2.71 bits per heavy atom. The second-order valence-corrected chi connectivity index (χ2v) is 4.58. The molecule has 3 nitrogen and oxygen atoms in total. The Morgan fingerprint density at radius 1 is 1.35 bits per heavy atom. The summed E-state index contributed by atoms with van der Waals surface area (Å²) >= 11 is 11.6. The third kappa shape index (κ3) is 3.75. The van der Waals surface area contributed by atoms with Crippen LogP contribution in [0.4, 0.5) is 5.69 Å². The van der Waals surface area contributed by atoms with Gasteiger partial charge in [0.2, 0.25) is 5.91 Å². The summed E-state index contributed by atoms with van der Waals surface area (Å²) in [6, 6.07) is 4.97. The predicted octanol–water partition coefficient (Wildman–Crippen LogP) is 3.11. The largest absolute Gasteiger partial charge is 0.325 e. The molecule has 0 aliphatic carbocycles. The zero-order valence-corrected chi connectivity index (χ0v) is 11.3. The number of amides is 1. The van der Waals surface area contributed by atoms with Crippen molar-refractivity contribution in [2.45, 2.75) is 18.9 Å². The minimum absolute atomic E-state index is 0. The second kappa shape index (κ2) is 6.45. The van der Waals surface area contributed by atoms with Crippen molar-refractivity contribution in [1.29, 1.82) is 0 Å². The minimum Gasteiger partial charge on any atom is -0.325 e. The summed E-state index contributed by atoms with van der Waals surface area (Å²) in [5.41, 5.74) is 0.674. The normalized spacial score (nSPS) is 18.6. The predicted molar refractivity (Wildman–Crippen MR) is 73.4 cm³/mol. The van der Waals surface area contributed by atoms with Crippen molar-refractivity contribution in [2.24, 2.45) is 0 Å². The fourth-order valence-electron chi connectivity index (χ4n) is 1.71. The third-order valence-electron chi connectivity index (χ3n) is 2.56. The SMILES string of the molecule is Cl.O=C(Nc1ccc(Cl)c(Cl)c1)C1CCCN1. The lowest BCUT2D eigenvalue weighted by Crippen LogP contribution is -2.35. The van der Waals surface area contributed by atoms with Crippen molar-refractivity contribution in [3.8, 4) is 0 Å². The number of benzene rings is 1. The summed E-state index contributed by atoms with van der Waals surface area (Å²) in [5, 5.41) is 6.87. The van der Waals surface area contributed by atoms with E-state index in [2.05, 4.69) is 10.6 Å². The Balaban J connectivity index is 0.00000144. The minimum atomic E-state index is -0.0885. The van der Waals surface area contributed by atoms with E-state index in [0.717, 1.165) is 19.4 Å². The quantitative estimate of drug-likeness (QED) is 0.880. The molecule has 1 unspecified atom stereocenters. The van der Waals surface area contributed by atoms with Crippen LogP contribution in [0.25, 0.3) is 0 Å². The third-order valence-corrected chi connectivity index (χ3v) is 3.30. The summed E-state index contributed by atoms with van der Waals surface area (Å²) in [6.45, 7) is 0.902. The molecule has 1 aromatic rings. The molecule has 0 radical (unpaired) electrons. The van der Waals surface area contributed by atoms with Crippen molar-refractivity contribution in [3.05, 3.63) is 28.2 Å². The molecule has 6 heteroatoms. The van der Waals surface area contributed by atoms with Crippen LogP contribution in [0, 0.1) is 0 Å². The number of hydrogen-bond acceptors (Lipinski definition) is 2. The van der Waals surface area contributed by atoms with Crippen LogP contribution in [0.5, 0.6) is 0 Å². The van der Waals surface area contributed by atoms with E-state index in [-0.39, 0.29) is 24.4 Å². The van der Waals surface area contributed by atoms with Gasteiger partial charge in [-0.2, -0.15) is 0 Å². The highest BCUT2D eigenvalue weighted by Crippen LogP contribution is 2.25. The molecule has 1 aromatic carbocycles. The molecule has 1 aliphatic rings. The fourth-order valence-corrected chi connectivity index (χ4v) is 2.01. The van der Waals surface area contributed by atoms with Crippen LogP contribution in [-0.4, -0.2) is 18.5 Å². The van der Waals surface area contributed by atoms with E-state index in [4.69, 9.17) is 23.2 Å². The van der Waals surface area contributed by atoms with Gasteiger partial charge < -0.3 is 10.6 Å². The maximum atomic E-state index is 11.8. The van der Waals surface area contributed by atoms with Crippen molar-refractivity contribution in [2.75, 3.05) is 11.9 Å². The highest BCUT2D eigenvalue weighted by atomic mass is 35.5. The van der Waals surface area contributed by atoms with Crippen LogP contribution in [0.1, 0.15) is 12.8 Å². The van der Waals surface area contributed by atoms with Gasteiger partial charge in [0.05, 0.1) is 16.1 Å². The van der Waals surface area contributed by atoms with Gasteiger partial charge in [-0.25, -0.2) is 0 Å². The molecule has 17 heavy (non-hydrogen) atoms. The topological polar surface area (TPSA) is 41.1 Å². The van der Waals surface area contributed by atoms with Gasteiger partial charge in [-0.1, -0.05) is 23.2 Å². The van der Waals surface area contributed by atoms with Crippen LogP contribution in [0.3, 0.4) is 0 Å². The van der Waals surface area contributed by atoms with Crippen molar-refractivity contribution in [1.82, 2.24) is 5.32 Å². The summed E-state index contributed by atoms with van der Waals surface area (Å²) in [7, 11) is 0. The first-order valence-electron chi connectivity index (χ1n) is 5.16. The smallest absolute Gasteiger partial charge is 0.241 e. The molecule has 1 heterocycles. The highest BCUT2D eigenvalue weighted by molar-refractivity contribution is 6.42. The lowest BCUT2D eigenvalue weighted by Gasteiger charge is -2.11. The lowest BCUT2D eigenvalue weighted by atomic mass is 10.2. The fraction of sp³-hybridized carbons (Fsp3) is 0.364. The molecule has 1 aliphatic heterocycles. The van der Waals surface area contributed by atoms with E-state index >= 15 is 0 Å². The number of hydrogen-bond donors (Lipinski definition) is 2. The van der Waals surface area contributed by atoms with Crippen molar-refractivity contribution in [3.63, 3.8) is 0 Å². The molecular weight excluding hydrogens is 282 g/mol. The average molecular weight is 296 g/mol. The van der Waals surface area contributed by atoms with E-state index in [1.165, 1.54) is 0 Å². The standard InChI is InChI=1S/C11H12Cl2N2O.ClH/c12-8-4-3-7(6-9(8)13)15-11(16)10-2-1-5-14-10;/h3-4,6,10,14H,1-2,5H2,(H,15,16);1H. The van der Waals surface area contributed by atoms with Gasteiger partial charge in [0.15, 0.2) is 0 Å². The number of halogens is 3. The number of carbonyl (C=O) groups is 1. The highest BCUT2D eigenvalue weighted by Gasteiger charge is 2.21. The Morgan fingerprint density at radius 2 is 2.12 bits per heavy atom. The van der Waals surface area contributed by atoms with E-state index < -0.39 is 0 Å². The molecule has 0 bridgehead atoms. The van der Waals surface area contributed by atoms with E-state index in [9.17, 15) is 4.79 Å². The van der Waals surface area contributed by atoms with Gasteiger partial charge in [-0.3, -0.25) is 4.79 Å². The first kappa shape index (κ1) is 14.6. The zero-order chi connectivity index (χ0) is 11.5. The molecule has 0 spiro atoms. The number of rotatable bonds is 2. The molecular formula is C11H13Cl3N2O. The second-order valence-electron chi connectivity index (χ2n) is 3.77.